The monoisotopic (exact) mass is 366 g/mol. The van der Waals surface area contributed by atoms with E-state index in [1.165, 1.54) is 62.5 Å². The van der Waals surface area contributed by atoms with E-state index in [0.717, 1.165) is 25.7 Å². The molecular weight excluding hydrogens is 328 g/mol. The van der Waals surface area contributed by atoms with Crippen LogP contribution < -0.4 is 0 Å². The molecule has 0 unspecified atom stereocenters. The van der Waals surface area contributed by atoms with Crippen molar-refractivity contribution in [2.45, 2.75) is 89.6 Å². The van der Waals surface area contributed by atoms with Gasteiger partial charge in [0.25, 0.3) is 0 Å². The SMILES string of the molecule is CCCCCCCCCCCC(O)(Cc1ccccc1)Cc1ccccc1. The quantitative estimate of drug-likeness (QED) is 0.353. The maximum absolute atomic E-state index is 11.4. The summed E-state index contributed by atoms with van der Waals surface area (Å²) >= 11 is 0. The Labute approximate surface area is 166 Å². The van der Waals surface area contributed by atoms with Gasteiger partial charge >= 0.3 is 0 Å². The Kier molecular flexibility index (Phi) is 10.2. The number of aliphatic hydroxyl groups is 1. The van der Waals surface area contributed by atoms with Crippen LogP contribution >= 0.6 is 0 Å². The van der Waals surface area contributed by atoms with Crippen LogP contribution in [0.2, 0.25) is 0 Å². The summed E-state index contributed by atoms with van der Waals surface area (Å²) in [5.41, 5.74) is 1.81. The summed E-state index contributed by atoms with van der Waals surface area (Å²) in [4.78, 5) is 0. The molecule has 1 heteroatoms. The molecule has 1 N–H and O–H groups in total. The average Bonchev–Trinajstić information content (AvgIpc) is 2.68. The molecular formula is C26H38O. The third-order valence-electron chi connectivity index (χ3n) is 5.50. The molecule has 0 heterocycles. The maximum atomic E-state index is 11.4. The van der Waals surface area contributed by atoms with Crippen LogP contribution in [0.3, 0.4) is 0 Å². The van der Waals surface area contributed by atoms with E-state index in [1.807, 2.05) is 12.1 Å². The van der Waals surface area contributed by atoms with Crippen molar-refractivity contribution in [1.82, 2.24) is 0 Å². The molecule has 0 amide bonds. The van der Waals surface area contributed by atoms with Gasteiger partial charge in [0.2, 0.25) is 0 Å². The lowest BCUT2D eigenvalue weighted by molar-refractivity contribution is 0.0293. The van der Waals surface area contributed by atoms with Gasteiger partial charge in [-0.3, -0.25) is 0 Å². The molecule has 0 aliphatic heterocycles. The first-order chi connectivity index (χ1) is 13.2. The van der Waals surface area contributed by atoms with Gasteiger partial charge in [0.15, 0.2) is 0 Å². The Morgan fingerprint density at radius 1 is 0.593 bits per heavy atom. The Hall–Kier alpha value is -1.60. The Balaban J connectivity index is 1.79. The van der Waals surface area contributed by atoms with E-state index in [4.69, 9.17) is 0 Å². The summed E-state index contributed by atoms with van der Waals surface area (Å²) in [5.74, 6) is 0. The minimum absolute atomic E-state index is 0.649. The molecule has 0 atom stereocenters. The predicted octanol–water partition coefficient (Wildman–Crippen LogP) is 7.12. The lowest BCUT2D eigenvalue weighted by Crippen LogP contribution is -2.34. The predicted molar refractivity (Wildman–Crippen MR) is 117 cm³/mol. The second-order valence-electron chi connectivity index (χ2n) is 8.13. The van der Waals surface area contributed by atoms with E-state index >= 15 is 0 Å². The zero-order valence-corrected chi connectivity index (χ0v) is 17.2. The van der Waals surface area contributed by atoms with E-state index in [-0.39, 0.29) is 0 Å². The maximum Gasteiger partial charge on any atom is 0.0728 e. The van der Waals surface area contributed by atoms with Gasteiger partial charge in [0.05, 0.1) is 5.60 Å². The first-order valence-corrected chi connectivity index (χ1v) is 11.0. The van der Waals surface area contributed by atoms with Gasteiger partial charge in [-0.1, -0.05) is 125 Å². The van der Waals surface area contributed by atoms with Crippen LogP contribution in [0.25, 0.3) is 0 Å². The van der Waals surface area contributed by atoms with Crippen molar-refractivity contribution < 1.29 is 5.11 Å². The molecule has 1 nitrogen and oxygen atoms in total. The number of hydrogen-bond donors (Lipinski definition) is 1. The third-order valence-corrected chi connectivity index (χ3v) is 5.50. The molecule has 0 fully saturated rings. The standard InChI is InChI=1S/C26H38O/c1-2-3-4-5-6-7-8-9-16-21-26(27,22-24-17-12-10-13-18-24)23-25-19-14-11-15-20-25/h10-15,17-20,27H,2-9,16,21-23H2,1H3. The molecule has 27 heavy (non-hydrogen) atoms. The van der Waals surface area contributed by atoms with Crippen molar-refractivity contribution in [3.05, 3.63) is 71.8 Å². The van der Waals surface area contributed by atoms with Gasteiger partial charge in [-0.15, -0.1) is 0 Å². The molecule has 0 aromatic heterocycles. The highest BCUT2D eigenvalue weighted by Crippen LogP contribution is 2.26. The Morgan fingerprint density at radius 2 is 1.00 bits per heavy atom. The fraction of sp³-hybridized carbons (Fsp3) is 0.538. The summed E-state index contributed by atoms with van der Waals surface area (Å²) in [5, 5.41) is 11.4. The fourth-order valence-electron chi connectivity index (χ4n) is 3.96. The van der Waals surface area contributed by atoms with Crippen LogP contribution in [-0.4, -0.2) is 10.7 Å². The van der Waals surface area contributed by atoms with Gasteiger partial charge in [-0.2, -0.15) is 0 Å². The Morgan fingerprint density at radius 3 is 1.44 bits per heavy atom. The van der Waals surface area contributed by atoms with Crippen LogP contribution in [-0.2, 0) is 12.8 Å². The highest BCUT2D eigenvalue weighted by molar-refractivity contribution is 5.21. The van der Waals surface area contributed by atoms with Crippen molar-refractivity contribution in [1.29, 1.82) is 0 Å². The molecule has 0 radical (unpaired) electrons. The molecule has 148 valence electrons. The minimum atomic E-state index is -0.649. The summed E-state index contributed by atoms with van der Waals surface area (Å²) in [6.45, 7) is 2.27. The summed E-state index contributed by atoms with van der Waals surface area (Å²) in [6.07, 6.45) is 14.2. The van der Waals surface area contributed by atoms with Crippen molar-refractivity contribution in [2.24, 2.45) is 0 Å². The topological polar surface area (TPSA) is 20.2 Å². The van der Waals surface area contributed by atoms with E-state index in [9.17, 15) is 5.11 Å². The molecule has 2 aromatic carbocycles. The van der Waals surface area contributed by atoms with E-state index < -0.39 is 5.60 Å². The second-order valence-corrected chi connectivity index (χ2v) is 8.13. The minimum Gasteiger partial charge on any atom is -0.389 e. The lowest BCUT2D eigenvalue weighted by atomic mass is 9.83. The molecule has 0 spiro atoms. The van der Waals surface area contributed by atoms with Crippen LogP contribution in [0.1, 0.15) is 82.3 Å². The summed E-state index contributed by atoms with van der Waals surface area (Å²) in [7, 11) is 0. The number of unbranched alkanes of at least 4 members (excludes halogenated alkanes) is 8. The van der Waals surface area contributed by atoms with Crippen LogP contribution in [0.5, 0.6) is 0 Å². The van der Waals surface area contributed by atoms with Crippen molar-refractivity contribution in [2.75, 3.05) is 0 Å². The number of benzene rings is 2. The molecule has 0 aliphatic carbocycles. The highest BCUT2D eigenvalue weighted by atomic mass is 16.3. The summed E-state index contributed by atoms with van der Waals surface area (Å²) in [6, 6.07) is 20.9. The van der Waals surface area contributed by atoms with Gasteiger partial charge in [0, 0.05) is 12.8 Å². The molecule has 0 saturated heterocycles. The average molecular weight is 367 g/mol. The van der Waals surface area contributed by atoms with Gasteiger partial charge < -0.3 is 5.11 Å². The largest absolute Gasteiger partial charge is 0.389 e. The zero-order chi connectivity index (χ0) is 19.2. The molecule has 0 aliphatic rings. The normalized spacial score (nSPS) is 11.6. The van der Waals surface area contributed by atoms with Crippen molar-refractivity contribution in [3.63, 3.8) is 0 Å². The first-order valence-electron chi connectivity index (χ1n) is 11.0. The van der Waals surface area contributed by atoms with Gasteiger partial charge in [-0.25, -0.2) is 0 Å². The highest BCUT2D eigenvalue weighted by Gasteiger charge is 2.27. The van der Waals surface area contributed by atoms with Crippen LogP contribution in [0.15, 0.2) is 60.7 Å². The van der Waals surface area contributed by atoms with Crippen molar-refractivity contribution >= 4 is 0 Å². The van der Waals surface area contributed by atoms with Crippen LogP contribution in [0, 0.1) is 0 Å². The van der Waals surface area contributed by atoms with E-state index in [2.05, 4.69) is 55.5 Å². The fourth-order valence-corrected chi connectivity index (χ4v) is 3.96. The van der Waals surface area contributed by atoms with E-state index in [1.54, 1.807) is 0 Å². The molecule has 0 bridgehead atoms. The van der Waals surface area contributed by atoms with E-state index in [0.29, 0.717) is 0 Å². The van der Waals surface area contributed by atoms with Crippen LogP contribution in [0.4, 0.5) is 0 Å². The zero-order valence-electron chi connectivity index (χ0n) is 17.2. The second kappa shape index (κ2) is 12.7. The molecule has 2 aromatic rings. The number of hydrogen-bond acceptors (Lipinski definition) is 1. The third kappa shape index (κ3) is 9.24. The van der Waals surface area contributed by atoms with Crippen molar-refractivity contribution in [3.8, 4) is 0 Å². The van der Waals surface area contributed by atoms with Gasteiger partial charge in [-0.05, 0) is 17.5 Å². The molecule has 2 rings (SSSR count). The summed E-state index contributed by atoms with van der Waals surface area (Å²) < 4.78 is 0. The lowest BCUT2D eigenvalue weighted by Gasteiger charge is -2.29. The smallest absolute Gasteiger partial charge is 0.0728 e. The molecule has 0 saturated carbocycles. The Bertz CT molecular complexity index is 549. The first kappa shape index (κ1) is 21.7. The van der Waals surface area contributed by atoms with Gasteiger partial charge in [0.1, 0.15) is 0 Å². The number of rotatable bonds is 14.